The van der Waals surface area contributed by atoms with E-state index in [1.54, 1.807) is 0 Å². The fraction of sp³-hybridized carbons (Fsp3) is 0.562. The van der Waals surface area contributed by atoms with Crippen molar-refractivity contribution < 1.29 is 4.79 Å². The first kappa shape index (κ1) is 16.7. The largest absolute Gasteiger partial charge is 0.328 e. The number of hydrogen-bond acceptors (Lipinski definition) is 3. The summed E-state index contributed by atoms with van der Waals surface area (Å²) in [6, 6.07) is 8.51. The van der Waals surface area contributed by atoms with E-state index in [1.165, 1.54) is 12.8 Å². The third-order valence-electron chi connectivity index (χ3n) is 3.53. The highest BCUT2D eigenvalue weighted by Gasteiger charge is 2.16. The van der Waals surface area contributed by atoms with Gasteiger partial charge in [-0.15, -0.1) is 0 Å². The summed E-state index contributed by atoms with van der Waals surface area (Å²) in [5.41, 5.74) is 2.04. The van der Waals surface area contributed by atoms with Crippen LogP contribution in [0.5, 0.6) is 0 Å². The van der Waals surface area contributed by atoms with Crippen molar-refractivity contribution in [2.45, 2.75) is 39.3 Å². The van der Waals surface area contributed by atoms with Crippen molar-refractivity contribution in [1.29, 1.82) is 0 Å². The number of anilines is 1. The molecule has 1 heterocycles. The average molecular weight is 277 g/mol. The molecule has 112 valence electrons. The molecule has 0 aliphatic carbocycles. The molecule has 1 aliphatic rings. The maximum Gasteiger partial charge on any atom is 0.211 e. The van der Waals surface area contributed by atoms with Crippen molar-refractivity contribution >= 4 is 12.1 Å². The van der Waals surface area contributed by atoms with E-state index in [4.69, 9.17) is 0 Å². The summed E-state index contributed by atoms with van der Waals surface area (Å²) in [5, 5.41) is 6.32. The van der Waals surface area contributed by atoms with Gasteiger partial charge in [-0.2, -0.15) is 0 Å². The first-order valence-electron chi connectivity index (χ1n) is 7.49. The van der Waals surface area contributed by atoms with E-state index in [-0.39, 0.29) is 0 Å². The number of amides is 1. The van der Waals surface area contributed by atoms with E-state index < -0.39 is 0 Å². The van der Waals surface area contributed by atoms with Gasteiger partial charge in [-0.05, 0) is 44.6 Å². The number of carbonyl (C=O) groups is 1. The fourth-order valence-corrected chi connectivity index (χ4v) is 2.35. The van der Waals surface area contributed by atoms with Gasteiger partial charge in [0.1, 0.15) is 0 Å². The second-order valence-electron chi connectivity index (χ2n) is 4.88. The van der Waals surface area contributed by atoms with Gasteiger partial charge in [-0.1, -0.05) is 32.0 Å². The lowest BCUT2D eigenvalue weighted by molar-refractivity contribution is -0.105. The number of para-hydroxylation sites is 1. The molecule has 4 heteroatoms. The number of nitrogens with one attached hydrogen (secondary N) is 2. The van der Waals surface area contributed by atoms with Gasteiger partial charge in [0, 0.05) is 18.3 Å². The normalized spacial score (nSPS) is 16.1. The molecular formula is C16H27N3O. The number of hydrogen-bond donors (Lipinski definition) is 2. The van der Waals surface area contributed by atoms with Crippen LogP contribution in [0.25, 0.3) is 0 Å². The van der Waals surface area contributed by atoms with Gasteiger partial charge >= 0.3 is 0 Å². The predicted molar refractivity (Wildman–Crippen MR) is 84.8 cm³/mol. The third-order valence-corrected chi connectivity index (χ3v) is 3.53. The molecule has 1 amide bonds. The van der Waals surface area contributed by atoms with Crippen LogP contribution in [-0.4, -0.2) is 37.5 Å². The number of rotatable bonds is 5. The topological polar surface area (TPSA) is 44.4 Å². The number of carbonyl (C=O) groups excluding carboxylic acids is 1. The average Bonchev–Trinajstić information content (AvgIpc) is 2.50. The minimum absolute atomic E-state index is 0.588. The molecule has 4 nitrogen and oxygen atoms in total. The lowest BCUT2D eigenvalue weighted by atomic mass is 10.0. The Balaban J connectivity index is 0.000000956. The summed E-state index contributed by atoms with van der Waals surface area (Å²) in [4.78, 5) is 12.9. The van der Waals surface area contributed by atoms with Crippen LogP contribution in [0.2, 0.25) is 0 Å². The molecule has 1 aromatic rings. The molecule has 0 saturated carbocycles. The zero-order chi connectivity index (χ0) is 14.8. The molecule has 2 rings (SSSR count). The van der Waals surface area contributed by atoms with Crippen LogP contribution < -0.4 is 10.6 Å². The Morgan fingerprint density at radius 1 is 1.25 bits per heavy atom. The Morgan fingerprint density at radius 2 is 1.90 bits per heavy atom. The predicted octanol–water partition coefficient (Wildman–Crippen LogP) is 2.46. The summed E-state index contributed by atoms with van der Waals surface area (Å²) in [6.07, 6.45) is 3.12. The summed E-state index contributed by atoms with van der Waals surface area (Å²) in [6.45, 7) is 7.13. The van der Waals surface area contributed by atoms with E-state index in [1.807, 2.05) is 38.1 Å². The van der Waals surface area contributed by atoms with Crippen LogP contribution >= 0.6 is 0 Å². The number of benzene rings is 1. The molecule has 2 N–H and O–H groups in total. The first-order chi connectivity index (χ1) is 9.79. The molecule has 0 aromatic heterocycles. The maximum absolute atomic E-state index is 10.5. The van der Waals surface area contributed by atoms with Gasteiger partial charge in [0.05, 0.1) is 0 Å². The monoisotopic (exact) mass is 277 g/mol. The molecule has 1 aliphatic heterocycles. The summed E-state index contributed by atoms with van der Waals surface area (Å²) in [7, 11) is 2.17. The molecule has 1 fully saturated rings. The minimum atomic E-state index is 0.588. The summed E-state index contributed by atoms with van der Waals surface area (Å²) in [5.74, 6) is 0. The van der Waals surface area contributed by atoms with Crippen molar-refractivity contribution in [3.05, 3.63) is 29.8 Å². The molecule has 0 unspecified atom stereocenters. The Kier molecular flexibility index (Phi) is 7.92. The SMILES string of the molecule is CC.CN1CCC(NCc2ccccc2NC=O)CC1. The molecule has 1 aromatic carbocycles. The van der Waals surface area contributed by atoms with Crippen LogP contribution in [0.3, 0.4) is 0 Å². The van der Waals surface area contributed by atoms with Crippen molar-refractivity contribution in [3.63, 3.8) is 0 Å². The van der Waals surface area contributed by atoms with E-state index in [2.05, 4.69) is 22.6 Å². The van der Waals surface area contributed by atoms with Gasteiger partial charge in [-0.3, -0.25) is 4.79 Å². The zero-order valence-electron chi connectivity index (χ0n) is 12.9. The van der Waals surface area contributed by atoms with Gasteiger partial charge in [0.15, 0.2) is 0 Å². The molecular weight excluding hydrogens is 250 g/mol. The van der Waals surface area contributed by atoms with Crippen molar-refractivity contribution in [2.75, 3.05) is 25.5 Å². The second-order valence-corrected chi connectivity index (χ2v) is 4.88. The molecule has 0 spiro atoms. The molecule has 20 heavy (non-hydrogen) atoms. The molecule has 1 saturated heterocycles. The highest BCUT2D eigenvalue weighted by molar-refractivity contribution is 5.73. The quantitative estimate of drug-likeness (QED) is 0.813. The Hall–Kier alpha value is -1.39. The van der Waals surface area contributed by atoms with E-state index in [0.29, 0.717) is 6.04 Å². The van der Waals surface area contributed by atoms with Crippen LogP contribution in [-0.2, 0) is 11.3 Å². The Labute approximate surface area is 122 Å². The van der Waals surface area contributed by atoms with Crippen LogP contribution in [0, 0.1) is 0 Å². The molecule has 0 bridgehead atoms. The first-order valence-corrected chi connectivity index (χ1v) is 7.49. The minimum Gasteiger partial charge on any atom is -0.328 e. The standard InChI is InChI=1S/C14H21N3O.C2H6/c1-17-8-6-13(7-9-17)15-10-12-4-2-3-5-14(12)16-11-18;1-2/h2-5,11,13,15H,6-10H2,1H3,(H,16,18);1-2H3. The number of nitrogens with zero attached hydrogens (tertiary/aromatic N) is 1. The third kappa shape index (κ3) is 5.31. The smallest absolute Gasteiger partial charge is 0.211 e. The summed E-state index contributed by atoms with van der Waals surface area (Å²) < 4.78 is 0. The maximum atomic E-state index is 10.5. The van der Waals surface area contributed by atoms with E-state index in [0.717, 1.165) is 37.3 Å². The van der Waals surface area contributed by atoms with Crippen molar-refractivity contribution in [1.82, 2.24) is 10.2 Å². The fourth-order valence-electron chi connectivity index (χ4n) is 2.35. The van der Waals surface area contributed by atoms with E-state index in [9.17, 15) is 4.79 Å². The van der Waals surface area contributed by atoms with Crippen LogP contribution in [0.1, 0.15) is 32.3 Å². The van der Waals surface area contributed by atoms with Crippen molar-refractivity contribution in [3.8, 4) is 0 Å². The lowest BCUT2D eigenvalue weighted by Crippen LogP contribution is -2.40. The second kappa shape index (κ2) is 9.50. The number of piperidine rings is 1. The molecule has 0 atom stereocenters. The zero-order valence-corrected chi connectivity index (χ0v) is 12.9. The molecule has 0 radical (unpaired) electrons. The van der Waals surface area contributed by atoms with Gasteiger partial charge in [-0.25, -0.2) is 0 Å². The van der Waals surface area contributed by atoms with Crippen LogP contribution in [0.15, 0.2) is 24.3 Å². The highest BCUT2D eigenvalue weighted by Crippen LogP contribution is 2.15. The highest BCUT2D eigenvalue weighted by atomic mass is 16.1. The van der Waals surface area contributed by atoms with Gasteiger partial charge in [0.25, 0.3) is 0 Å². The number of likely N-dealkylation sites (tertiary alicyclic amines) is 1. The lowest BCUT2D eigenvalue weighted by Gasteiger charge is -2.29. The summed E-state index contributed by atoms with van der Waals surface area (Å²) >= 11 is 0. The van der Waals surface area contributed by atoms with Crippen molar-refractivity contribution in [2.24, 2.45) is 0 Å². The van der Waals surface area contributed by atoms with E-state index >= 15 is 0 Å². The van der Waals surface area contributed by atoms with Crippen LogP contribution in [0.4, 0.5) is 5.69 Å². The van der Waals surface area contributed by atoms with Gasteiger partial charge in [0.2, 0.25) is 6.41 Å². The Morgan fingerprint density at radius 3 is 2.55 bits per heavy atom. The van der Waals surface area contributed by atoms with Gasteiger partial charge < -0.3 is 15.5 Å². The Bertz CT molecular complexity index is 387.